The number of isothiocyanates is 1. The van der Waals surface area contributed by atoms with Crippen molar-refractivity contribution in [1.29, 1.82) is 0 Å². The zero-order valence-electron chi connectivity index (χ0n) is 5.05. The second kappa shape index (κ2) is 5.12. The van der Waals surface area contributed by atoms with Crippen LogP contribution in [0, 0.1) is 0 Å². The van der Waals surface area contributed by atoms with Gasteiger partial charge >= 0.3 is 0 Å². The van der Waals surface area contributed by atoms with Gasteiger partial charge in [-0.3, -0.25) is 0 Å². The van der Waals surface area contributed by atoms with Crippen molar-refractivity contribution in [2.45, 2.75) is 20.0 Å². The van der Waals surface area contributed by atoms with Crippen LogP contribution in [0.25, 0.3) is 0 Å². The third kappa shape index (κ3) is 5.98. The van der Waals surface area contributed by atoms with E-state index in [0.717, 1.165) is 0 Å². The quantitative estimate of drug-likeness (QED) is 0.330. The number of thiocarbonyl (C=S) groups is 1. The van der Waals surface area contributed by atoms with Crippen LogP contribution < -0.4 is 0 Å². The van der Waals surface area contributed by atoms with Crippen molar-refractivity contribution in [3.05, 3.63) is 0 Å². The molecule has 4 heteroatoms. The lowest BCUT2D eigenvalue weighted by Crippen LogP contribution is -2.04. The van der Waals surface area contributed by atoms with Gasteiger partial charge in [0.05, 0.1) is 5.16 Å². The SMILES string of the molecule is CC(C)O[SiH2]N=C=S. The molecule has 0 N–H and O–H groups in total. The van der Waals surface area contributed by atoms with Crippen molar-refractivity contribution in [3.63, 3.8) is 0 Å². The first kappa shape index (κ1) is 7.98. The number of rotatable bonds is 3. The van der Waals surface area contributed by atoms with Gasteiger partial charge in [-0.2, -0.15) is 0 Å². The van der Waals surface area contributed by atoms with E-state index in [9.17, 15) is 0 Å². The molecule has 0 heterocycles. The lowest BCUT2D eigenvalue weighted by atomic mass is 10.5. The van der Waals surface area contributed by atoms with E-state index in [1.54, 1.807) is 0 Å². The summed E-state index contributed by atoms with van der Waals surface area (Å²) < 4.78 is 8.82. The standard InChI is InChI=1S/C4H9NOSSi/c1-4(2)6-8-5-3-7/h4H,8H2,1-2H3. The van der Waals surface area contributed by atoms with Crippen LogP contribution in [0.15, 0.2) is 4.66 Å². The van der Waals surface area contributed by atoms with Crippen molar-refractivity contribution in [2.24, 2.45) is 4.66 Å². The molecule has 0 unspecified atom stereocenters. The lowest BCUT2D eigenvalue weighted by Gasteiger charge is -2.00. The molecule has 8 heavy (non-hydrogen) atoms. The van der Waals surface area contributed by atoms with E-state index in [1.807, 2.05) is 13.8 Å². The third-order valence-corrected chi connectivity index (χ3v) is 2.00. The second-order valence-corrected chi connectivity index (χ2v) is 2.68. The van der Waals surface area contributed by atoms with Crippen LogP contribution in [0.5, 0.6) is 0 Å². The Hall–Kier alpha value is -0.0231. The molecule has 0 spiro atoms. The van der Waals surface area contributed by atoms with Gasteiger partial charge in [0.1, 0.15) is 0 Å². The first-order chi connectivity index (χ1) is 3.77. The zero-order chi connectivity index (χ0) is 6.41. The highest BCUT2D eigenvalue weighted by atomic mass is 32.1. The highest BCUT2D eigenvalue weighted by Crippen LogP contribution is 1.82. The molecule has 46 valence electrons. The van der Waals surface area contributed by atoms with Gasteiger partial charge < -0.3 is 4.43 Å². The normalized spacial score (nSPS) is 10.4. The van der Waals surface area contributed by atoms with Crippen molar-refractivity contribution < 1.29 is 4.43 Å². The lowest BCUT2D eigenvalue weighted by molar-refractivity contribution is 0.256. The fraction of sp³-hybridized carbons (Fsp3) is 0.750. The Morgan fingerprint density at radius 2 is 2.38 bits per heavy atom. The van der Waals surface area contributed by atoms with E-state index in [-0.39, 0.29) is 6.10 Å². The summed E-state index contributed by atoms with van der Waals surface area (Å²) in [4.78, 5) is 0. The first-order valence-corrected chi connectivity index (χ1v) is 4.04. The fourth-order valence-corrected chi connectivity index (χ4v) is 0.796. The average molecular weight is 147 g/mol. The minimum atomic E-state index is -0.726. The molecular weight excluding hydrogens is 138 g/mol. The van der Waals surface area contributed by atoms with Crippen molar-refractivity contribution in [1.82, 2.24) is 0 Å². The van der Waals surface area contributed by atoms with Crippen LogP contribution >= 0.6 is 12.2 Å². The summed E-state index contributed by atoms with van der Waals surface area (Å²) in [7, 11) is -0.726. The molecule has 0 aliphatic carbocycles. The van der Waals surface area contributed by atoms with Gasteiger partial charge in [0.25, 0.3) is 9.92 Å². The molecule has 0 saturated heterocycles. The van der Waals surface area contributed by atoms with Gasteiger partial charge in [-0.15, -0.1) is 0 Å². The van der Waals surface area contributed by atoms with E-state index >= 15 is 0 Å². The van der Waals surface area contributed by atoms with E-state index in [4.69, 9.17) is 4.43 Å². The largest absolute Gasteiger partial charge is 0.399 e. The summed E-state index contributed by atoms with van der Waals surface area (Å²) in [5.74, 6) is 0. The molecule has 2 nitrogen and oxygen atoms in total. The van der Waals surface area contributed by atoms with Gasteiger partial charge in [0, 0.05) is 6.10 Å². The van der Waals surface area contributed by atoms with Gasteiger partial charge in [0.15, 0.2) is 0 Å². The molecule has 0 amide bonds. The van der Waals surface area contributed by atoms with E-state index in [0.29, 0.717) is 0 Å². The minimum Gasteiger partial charge on any atom is -0.399 e. The second-order valence-electron chi connectivity index (χ2n) is 1.59. The molecule has 0 fully saturated rings. The number of hydrogen-bond donors (Lipinski definition) is 0. The molecule has 0 aromatic carbocycles. The number of nitrogens with zero attached hydrogens (tertiary/aromatic N) is 1. The molecular formula is C4H9NOSSi. The smallest absolute Gasteiger partial charge is 0.298 e. The molecule has 0 aromatic rings. The van der Waals surface area contributed by atoms with Gasteiger partial charge in [0.2, 0.25) is 0 Å². The molecule has 0 rings (SSSR count). The Balaban J connectivity index is 3.05. The number of hydrogen-bond acceptors (Lipinski definition) is 3. The van der Waals surface area contributed by atoms with Crippen LogP contribution in [0.3, 0.4) is 0 Å². The van der Waals surface area contributed by atoms with Gasteiger partial charge in [-0.25, -0.2) is 4.66 Å². The Labute approximate surface area is 57.0 Å². The Bertz CT molecular complexity index is 100. The van der Waals surface area contributed by atoms with Gasteiger partial charge in [-0.05, 0) is 26.1 Å². The summed E-state index contributed by atoms with van der Waals surface area (Å²) in [6.07, 6.45) is 0.286. The maximum Gasteiger partial charge on any atom is 0.298 e. The highest BCUT2D eigenvalue weighted by molar-refractivity contribution is 7.78. The van der Waals surface area contributed by atoms with Crippen molar-refractivity contribution in [2.75, 3.05) is 0 Å². The van der Waals surface area contributed by atoms with Crippen molar-refractivity contribution in [3.8, 4) is 0 Å². The molecule has 0 aromatic heterocycles. The van der Waals surface area contributed by atoms with E-state index in [2.05, 4.69) is 22.0 Å². The summed E-state index contributed by atoms with van der Waals surface area (Å²) in [5, 5.41) is 2.27. The first-order valence-electron chi connectivity index (χ1n) is 2.42. The fourth-order valence-electron chi connectivity index (χ4n) is 0.213. The molecule has 0 atom stereocenters. The minimum absolute atomic E-state index is 0.286. The maximum atomic E-state index is 5.13. The molecule has 0 saturated carbocycles. The monoisotopic (exact) mass is 147 g/mol. The molecule has 0 aliphatic heterocycles. The summed E-state index contributed by atoms with van der Waals surface area (Å²) >= 11 is 4.34. The topological polar surface area (TPSA) is 21.6 Å². The Morgan fingerprint density at radius 1 is 1.75 bits per heavy atom. The highest BCUT2D eigenvalue weighted by Gasteiger charge is 1.87. The summed E-state index contributed by atoms with van der Waals surface area (Å²) in [5.41, 5.74) is 0. The predicted molar refractivity (Wildman–Crippen MR) is 39.8 cm³/mol. The maximum absolute atomic E-state index is 5.13. The van der Waals surface area contributed by atoms with E-state index in [1.165, 1.54) is 0 Å². The Morgan fingerprint density at radius 3 is 2.75 bits per heavy atom. The van der Waals surface area contributed by atoms with Gasteiger partial charge in [-0.1, -0.05) is 0 Å². The average Bonchev–Trinajstić information content (AvgIpc) is 1.66. The molecule has 0 radical (unpaired) electrons. The zero-order valence-corrected chi connectivity index (χ0v) is 7.28. The van der Waals surface area contributed by atoms with E-state index < -0.39 is 9.92 Å². The molecule has 0 aliphatic rings. The van der Waals surface area contributed by atoms with Crippen LogP contribution in [0.1, 0.15) is 13.8 Å². The van der Waals surface area contributed by atoms with Crippen molar-refractivity contribution >= 4 is 27.3 Å². The van der Waals surface area contributed by atoms with Crippen LogP contribution in [0.2, 0.25) is 0 Å². The predicted octanol–water partition coefficient (Wildman–Crippen LogP) is 0.513. The molecule has 0 bridgehead atoms. The third-order valence-electron chi connectivity index (χ3n) is 0.537. The summed E-state index contributed by atoms with van der Waals surface area (Å²) in [6, 6.07) is 0. The van der Waals surface area contributed by atoms with Crippen LogP contribution in [0.4, 0.5) is 0 Å². The Kier molecular flexibility index (Phi) is 5.11. The van der Waals surface area contributed by atoms with Crippen LogP contribution in [-0.4, -0.2) is 21.2 Å². The summed E-state index contributed by atoms with van der Waals surface area (Å²) in [6.45, 7) is 3.96. The van der Waals surface area contributed by atoms with Crippen LogP contribution in [-0.2, 0) is 4.43 Å².